The van der Waals surface area contributed by atoms with E-state index in [2.05, 4.69) is 5.32 Å². The number of carbonyl (C=O) groups excluding carboxylic acids is 2. The smallest absolute Gasteiger partial charge is 0.264 e. The number of hydrogen-bond acceptors (Lipinski definition) is 5. The third-order valence-electron chi connectivity index (χ3n) is 7.34. The predicted molar refractivity (Wildman–Crippen MR) is 182 cm³/mol. The molecule has 4 aromatic carbocycles. The highest BCUT2D eigenvalue weighted by Gasteiger charge is 2.34. The molecule has 1 N–H and O–H groups in total. The third kappa shape index (κ3) is 9.79. The summed E-state index contributed by atoms with van der Waals surface area (Å²) in [5.41, 5.74) is 1.60. The number of anilines is 1. The maximum atomic E-state index is 14.5. The number of sulfonamides is 1. The SMILES string of the molecule is CCOc1ccc(S(=O)(=O)N(CC(=O)N(Cc2ccc(Cl)cc2)C(Cc2ccccc2)C(=O)NCC(C)C)c2ccc(F)cc2)cc1. The monoisotopic (exact) mass is 679 g/mol. The standard InChI is InChI=1S/C36H39ClFN3O5S/c1-4-46-32-18-20-33(21-19-32)47(44,45)41(31-16-14-30(38)15-17-31)25-35(42)40(24-28-10-12-29(37)13-11-28)34(36(43)39-23-26(2)3)22-27-8-6-5-7-9-27/h5-21,26,34H,4,22-25H2,1-3H3,(H,39,43). The lowest BCUT2D eigenvalue weighted by molar-refractivity contribution is -0.140. The number of benzene rings is 4. The molecule has 8 nitrogen and oxygen atoms in total. The van der Waals surface area contributed by atoms with Crippen LogP contribution in [-0.4, -0.2) is 50.9 Å². The fourth-order valence-corrected chi connectivity index (χ4v) is 6.44. The first-order valence-corrected chi connectivity index (χ1v) is 17.2. The van der Waals surface area contributed by atoms with E-state index in [0.29, 0.717) is 29.5 Å². The molecule has 2 amide bonds. The van der Waals surface area contributed by atoms with Crippen LogP contribution >= 0.6 is 11.6 Å². The number of amides is 2. The van der Waals surface area contributed by atoms with Crippen LogP contribution < -0.4 is 14.4 Å². The summed E-state index contributed by atoms with van der Waals surface area (Å²) in [6, 6.07) is 25.9. The van der Waals surface area contributed by atoms with Crippen molar-refractivity contribution in [2.45, 2.75) is 44.7 Å². The lowest BCUT2D eigenvalue weighted by Gasteiger charge is -2.34. The van der Waals surface area contributed by atoms with Gasteiger partial charge in [-0.1, -0.05) is 67.9 Å². The van der Waals surface area contributed by atoms with E-state index in [0.717, 1.165) is 22.0 Å². The average molecular weight is 680 g/mol. The number of hydrogen-bond donors (Lipinski definition) is 1. The minimum atomic E-state index is -4.34. The summed E-state index contributed by atoms with van der Waals surface area (Å²) < 4.78 is 48.6. The largest absolute Gasteiger partial charge is 0.494 e. The molecule has 0 bridgehead atoms. The van der Waals surface area contributed by atoms with E-state index in [1.165, 1.54) is 41.3 Å². The van der Waals surface area contributed by atoms with Crippen molar-refractivity contribution in [1.82, 2.24) is 10.2 Å². The van der Waals surface area contributed by atoms with Crippen LogP contribution in [0.1, 0.15) is 31.9 Å². The second kappa shape index (κ2) is 16.4. The molecule has 0 heterocycles. The first-order chi connectivity index (χ1) is 22.5. The Balaban J connectivity index is 1.78. The Kier molecular flexibility index (Phi) is 12.4. The summed E-state index contributed by atoms with van der Waals surface area (Å²) in [6.45, 7) is 5.89. The number of nitrogens with zero attached hydrogens (tertiary/aromatic N) is 2. The van der Waals surface area contributed by atoms with Crippen LogP contribution in [0.5, 0.6) is 5.75 Å². The molecular formula is C36H39ClFN3O5S. The number of nitrogens with one attached hydrogen (secondary N) is 1. The molecule has 11 heteroatoms. The van der Waals surface area contributed by atoms with Crippen molar-refractivity contribution < 1.29 is 27.1 Å². The van der Waals surface area contributed by atoms with Gasteiger partial charge in [0, 0.05) is 24.5 Å². The van der Waals surface area contributed by atoms with E-state index in [-0.39, 0.29) is 35.4 Å². The molecule has 1 unspecified atom stereocenters. The molecule has 0 spiro atoms. The van der Waals surface area contributed by atoms with E-state index in [1.807, 2.05) is 51.1 Å². The molecule has 4 rings (SSSR count). The van der Waals surface area contributed by atoms with Gasteiger partial charge in [-0.25, -0.2) is 12.8 Å². The Morgan fingerprint density at radius 2 is 1.51 bits per heavy atom. The second-order valence-corrected chi connectivity index (χ2v) is 13.7. The van der Waals surface area contributed by atoms with Crippen molar-refractivity contribution in [3.63, 3.8) is 0 Å². The summed E-state index contributed by atoms with van der Waals surface area (Å²) in [7, 11) is -4.34. The maximum Gasteiger partial charge on any atom is 0.264 e. The molecule has 0 saturated carbocycles. The topological polar surface area (TPSA) is 96.0 Å². The number of halogens is 2. The van der Waals surface area contributed by atoms with Crippen molar-refractivity contribution >= 4 is 39.1 Å². The first-order valence-electron chi connectivity index (χ1n) is 15.3. The van der Waals surface area contributed by atoms with Gasteiger partial charge in [-0.3, -0.25) is 13.9 Å². The van der Waals surface area contributed by atoms with Crippen molar-refractivity contribution in [2.75, 3.05) is 24.0 Å². The zero-order chi connectivity index (χ0) is 34.0. The summed E-state index contributed by atoms with van der Waals surface area (Å²) in [6.07, 6.45) is 0.187. The van der Waals surface area contributed by atoms with E-state index < -0.39 is 34.3 Å². The molecule has 0 aliphatic rings. The van der Waals surface area contributed by atoms with Crippen LogP contribution in [0.25, 0.3) is 0 Å². The van der Waals surface area contributed by atoms with Crippen molar-refractivity contribution in [1.29, 1.82) is 0 Å². The lowest BCUT2D eigenvalue weighted by Crippen LogP contribution is -2.53. The zero-order valence-electron chi connectivity index (χ0n) is 26.6. The maximum absolute atomic E-state index is 14.5. The van der Waals surface area contributed by atoms with Gasteiger partial charge in [-0.15, -0.1) is 0 Å². The highest BCUT2D eigenvalue weighted by atomic mass is 35.5. The van der Waals surface area contributed by atoms with E-state index in [1.54, 1.807) is 24.3 Å². The van der Waals surface area contributed by atoms with Gasteiger partial charge >= 0.3 is 0 Å². The highest BCUT2D eigenvalue weighted by Crippen LogP contribution is 2.27. The van der Waals surface area contributed by atoms with E-state index in [4.69, 9.17) is 16.3 Å². The van der Waals surface area contributed by atoms with Gasteiger partial charge in [-0.2, -0.15) is 0 Å². The molecule has 0 aliphatic heterocycles. The molecule has 248 valence electrons. The third-order valence-corrected chi connectivity index (χ3v) is 9.38. The van der Waals surface area contributed by atoms with Crippen LogP contribution in [-0.2, 0) is 32.6 Å². The summed E-state index contributed by atoms with van der Waals surface area (Å²) in [4.78, 5) is 29.6. The van der Waals surface area contributed by atoms with Crippen molar-refractivity contribution in [3.8, 4) is 5.75 Å². The van der Waals surface area contributed by atoms with Crippen LogP contribution in [0.4, 0.5) is 10.1 Å². The van der Waals surface area contributed by atoms with Gasteiger partial charge in [0.2, 0.25) is 11.8 Å². The van der Waals surface area contributed by atoms with Gasteiger partial charge in [0.1, 0.15) is 24.2 Å². The molecule has 1 atom stereocenters. The lowest BCUT2D eigenvalue weighted by atomic mass is 10.0. The number of rotatable bonds is 15. The van der Waals surface area contributed by atoms with Gasteiger partial charge in [0.05, 0.1) is 17.2 Å². The normalized spacial score (nSPS) is 12.0. The predicted octanol–water partition coefficient (Wildman–Crippen LogP) is 6.49. The molecule has 0 aliphatic carbocycles. The van der Waals surface area contributed by atoms with Gasteiger partial charge in [0.15, 0.2) is 0 Å². The van der Waals surface area contributed by atoms with Gasteiger partial charge in [0.25, 0.3) is 10.0 Å². The van der Waals surface area contributed by atoms with Crippen molar-refractivity contribution in [2.24, 2.45) is 5.92 Å². The average Bonchev–Trinajstić information content (AvgIpc) is 3.06. The Bertz CT molecular complexity index is 1720. The Labute approximate surface area is 281 Å². The van der Waals surface area contributed by atoms with Gasteiger partial charge < -0.3 is 15.0 Å². The first kappa shape index (κ1) is 35.4. The van der Waals surface area contributed by atoms with Crippen LogP contribution in [0.3, 0.4) is 0 Å². The molecule has 47 heavy (non-hydrogen) atoms. The van der Waals surface area contributed by atoms with E-state index in [9.17, 15) is 22.4 Å². The Morgan fingerprint density at radius 3 is 2.11 bits per heavy atom. The molecule has 0 radical (unpaired) electrons. The van der Waals surface area contributed by atoms with Crippen molar-refractivity contribution in [3.05, 3.63) is 125 Å². The summed E-state index contributed by atoms with van der Waals surface area (Å²) in [5, 5.41) is 3.46. The molecule has 0 aromatic heterocycles. The summed E-state index contributed by atoms with van der Waals surface area (Å²) >= 11 is 6.13. The summed E-state index contributed by atoms with van der Waals surface area (Å²) in [5.74, 6) is -0.911. The van der Waals surface area contributed by atoms with Crippen LogP contribution in [0.15, 0.2) is 108 Å². The Hall–Kier alpha value is -4.41. The minimum absolute atomic E-state index is 0.00294. The van der Waals surface area contributed by atoms with Crippen LogP contribution in [0, 0.1) is 11.7 Å². The zero-order valence-corrected chi connectivity index (χ0v) is 28.2. The fourth-order valence-electron chi connectivity index (χ4n) is 4.90. The Morgan fingerprint density at radius 1 is 0.872 bits per heavy atom. The molecular weight excluding hydrogens is 641 g/mol. The molecule has 0 fully saturated rings. The number of ether oxygens (including phenoxy) is 1. The quantitative estimate of drug-likeness (QED) is 0.155. The molecule has 4 aromatic rings. The van der Waals surface area contributed by atoms with Crippen LogP contribution in [0.2, 0.25) is 5.02 Å². The second-order valence-electron chi connectivity index (χ2n) is 11.4. The minimum Gasteiger partial charge on any atom is -0.494 e. The number of carbonyl (C=O) groups is 2. The highest BCUT2D eigenvalue weighted by molar-refractivity contribution is 7.92. The molecule has 0 saturated heterocycles. The van der Waals surface area contributed by atoms with E-state index >= 15 is 0 Å². The van der Waals surface area contributed by atoms with Gasteiger partial charge in [-0.05, 0) is 84.6 Å². The fraction of sp³-hybridized carbons (Fsp3) is 0.278.